The van der Waals surface area contributed by atoms with E-state index in [-0.39, 0.29) is 23.8 Å². The highest BCUT2D eigenvalue weighted by Crippen LogP contribution is 2.29. The highest BCUT2D eigenvalue weighted by molar-refractivity contribution is 7.98. The fourth-order valence-electron chi connectivity index (χ4n) is 1.59. The summed E-state index contributed by atoms with van der Waals surface area (Å²) in [4.78, 5) is 24.5. The number of non-ortho nitro benzene ring substituents is 1. The molecule has 2 rings (SSSR count). The minimum Gasteiger partial charge on any atom is -0.329 e. The number of nitro benzene ring substituents is 2. The fraction of sp³-hybridized carbons (Fsp3) is 0.182. The normalized spacial score (nSPS) is 9.95. The summed E-state index contributed by atoms with van der Waals surface area (Å²) in [6.07, 6.45) is 3.40. The van der Waals surface area contributed by atoms with Crippen LogP contribution in [0.3, 0.4) is 0 Å². The Balaban J connectivity index is 0.00000220. The molecule has 0 saturated heterocycles. The Hall–Kier alpha value is -2.13. The maximum atomic E-state index is 11.0. The zero-order valence-corrected chi connectivity index (χ0v) is 12.5. The lowest BCUT2D eigenvalue weighted by Crippen LogP contribution is -1.97. The van der Waals surface area contributed by atoms with E-state index in [1.807, 2.05) is 7.05 Å². The van der Waals surface area contributed by atoms with Crippen LogP contribution in [-0.4, -0.2) is 19.4 Å². The smallest absolute Gasteiger partial charge is 0.280 e. The predicted molar refractivity (Wildman–Crippen MR) is 79.8 cm³/mol. The third-order valence-corrected chi connectivity index (χ3v) is 3.72. The summed E-state index contributed by atoms with van der Waals surface area (Å²) in [5, 5.41) is 22.3. The number of imidazole rings is 1. The highest BCUT2D eigenvalue weighted by Gasteiger charge is 2.19. The number of aromatic nitrogens is 2. The molecule has 0 amide bonds. The molecule has 0 aliphatic carbocycles. The molecule has 0 spiro atoms. The van der Waals surface area contributed by atoms with Gasteiger partial charge in [-0.3, -0.25) is 20.2 Å². The van der Waals surface area contributed by atoms with Crippen LogP contribution in [0.4, 0.5) is 11.4 Å². The van der Waals surface area contributed by atoms with Crippen molar-refractivity contribution in [3.05, 3.63) is 56.4 Å². The number of aryl methyl sites for hydroxylation is 1. The van der Waals surface area contributed by atoms with E-state index in [1.165, 1.54) is 23.9 Å². The van der Waals surface area contributed by atoms with Gasteiger partial charge in [0.25, 0.3) is 11.4 Å². The average molecular weight is 331 g/mol. The minimum atomic E-state index is -0.650. The molecule has 2 aromatic rings. The fourth-order valence-corrected chi connectivity index (χ4v) is 2.52. The molecule has 0 aliphatic heterocycles. The van der Waals surface area contributed by atoms with E-state index in [0.29, 0.717) is 11.3 Å². The lowest BCUT2D eigenvalue weighted by Gasteiger charge is -2.03. The quantitative estimate of drug-likeness (QED) is 0.474. The van der Waals surface area contributed by atoms with Crippen molar-refractivity contribution in [3.8, 4) is 0 Å². The van der Waals surface area contributed by atoms with Crippen LogP contribution in [0.5, 0.6) is 0 Å². The third-order valence-electron chi connectivity index (χ3n) is 2.61. The minimum absolute atomic E-state index is 0. The lowest BCUT2D eigenvalue weighted by atomic mass is 10.2. The second-order valence-corrected chi connectivity index (χ2v) is 4.88. The second-order valence-electron chi connectivity index (χ2n) is 3.94. The van der Waals surface area contributed by atoms with Crippen molar-refractivity contribution in [2.45, 2.75) is 10.9 Å². The van der Waals surface area contributed by atoms with E-state index >= 15 is 0 Å². The van der Waals surface area contributed by atoms with Crippen LogP contribution < -0.4 is 0 Å². The highest BCUT2D eigenvalue weighted by atomic mass is 35.5. The number of hydrogen-bond donors (Lipinski definition) is 0. The second kappa shape index (κ2) is 7.04. The summed E-state index contributed by atoms with van der Waals surface area (Å²) < 4.78 is 1.79. The summed E-state index contributed by atoms with van der Waals surface area (Å²) in [7, 11) is 1.82. The first-order chi connectivity index (χ1) is 9.49. The molecule has 0 atom stereocenters. The topological polar surface area (TPSA) is 104 Å². The van der Waals surface area contributed by atoms with E-state index in [9.17, 15) is 20.2 Å². The zero-order valence-electron chi connectivity index (χ0n) is 10.8. The van der Waals surface area contributed by atoms with Crippen molar-refractivity contribution in [3.63, 3.8) is 0 Å². The average Bonchev–Trinajstić information content (AvgIpc) is 2.81. The molecule has 1 aromatic heterocycles. The molecule has 0 aliphatic rings. The number of nitro groups is 2. The molecule has 0 fully saturated rings. The maximum Gasteiger partial charge on any atom is 0.280 e. The van der Waals surface area contributed by atoms with Crippen LogP contribution in [0, 0.1) is 20.2 Å². The van der Waals surface area contributed by atoms with Gasteiger partial charge in [-0.25, -0.2) is 4.98 Å². The third kappa shape index (κ3) is 3.92. The predicted octanol–water partition coefficient (Wildman–Crippen LogP) is 2.95. The number of rotatable bonds is 5. The van der Waals surface area contributed by atoms with Gasteiger partial charge in [-0.2, -0.15) is 0 Å². The molecule has 0 unspecified atom stereocenters. The first kappa shape index (κ1) is 16.9. The summed E-state index contributed by atoms with van der Waals surface area (Å²) in [5.74, 6) is 0.319. The number of thioether (sulfide) groups is 1. The van der Waals surface area contributed by atoms with E-state index in [0.717, 1.165) is 11.2 Å². The van der Waals surface area contributed by atoms with Crippen molar-refractivity contribution in [1.29, 1.82) is 0 Å². The van der Waals surface area contributed by atoms with Gasteiger partial charge in [0, 0.05) is 36.8 Å². The van der Waals surface area contributed by atoms with Gasteiger partial charge in [0.1, 0.15) is 0 Å². The van der Waals surface area contributed by atoms with E-state index < -0.39 is 9.85 Å². The number of nitrogens with zero attached hydrogens (tertiary/aromatic N) is 4. The molecule has 1 heterocycles. The van der Waals surface area contributed by atoms with Crippen LogP contribution >= 0.6 is 24.2 Å². The van der Waals surface area contributed by atoms with Gasteiger partial charge >= 0.3 is 0 Å². The van der Waals surface area contributed by atoms with Crippen LogP contribution in [-0.2, 0) is 12.8 Å². The van der Waals surface area contributed by atoms with Crippen molar-refractivity contribution >= 4 is 35.5 Å². The Kier molecular flexibility index (Phi) is 5.68. The van der Waals surface area contributed by atoms with E-state index in [1.54, 1.807) is 17.0 Å². The Bertz CT molecular complexity index is 676. The van der Waals surface area contributed by atoms with Crippen LogP contribution in [0.25, 0.3) is 0 Å². The van der Waals surface area contributed by atoms with Crippen molar-refractivity contribution in [1.82, 2.24) is 9.55 Å². The number of benzene rings is 1. The van der Waals surface area contributed by atoms with Crippen molar-refractivity contribution < 1.29 is 9.85 Å². The SMILES string of the molecule is Cl.Cn1ccnc1SCc1ccc([N+](=O)[O-])cc1[N+](=O)[O-]. The molecular weight excluding hydrogens is 320 g/mol. The van der Waals surface area contributed by atoms with Crippen molar-refractivity contribution in [2.24, 2.45) is 7.05 Å². The maximum absolute atomic E-state index is 11.0. The Labute approximate surface area is 129 Å². The van der Waals surface area contributed by atoms with Gasteiger partial charge < -0.3 is 4.57 Å². The van der Waals surface area contributed by atoms with Gasteiger partial charge in [-0.15, -0.1) is 12.4 Å². The molecule has 0 N–H and O–H groups in total. The van der Waals surface area contributed by atoms with E-state index in [2.05, 4.69) is 4.98 Å². The lowest BCUT2D eigenvalue weighted by molar-refractivity contribution is -0.394. The number of hydrogen-bond acceptors (Lipinski definition) is 6. The molecule has 112 valence electrons. The van der Waals surface area contributed by atoms with Gasteiger partial charge in [-0.1, -0.05) is 11.8 Å². The van der Waals surface area contributed by atoms with E-state index in [4.69, 9.17) is 0 Å². The first-order valence-electron chi connectivity index (χ1n) is 5.51. The van der Waals surface area contributed by atoms with Gasteiger partial charge in [0.05, 0.1) is 15.9 Å². The van der Waals surface area contributed by atoms with Crippen LogP contribution in [0.15, 0.2) is 35.7 Å². The van der Waals surface area contributed by atoms with Crippen LogP contribution in [0.2, 0.25) is 0 Å². The van der Waals surface area contributed by atoms with Crippen molar-refractivity contribution in [2.75, 3.05) is 0 Å². The van der Waals surface area contributed by atoms with Crippen LogP contribution in [0.1, 0.15) is 5.56 Å². The summed E-state index contributed by atoms with van der Waals surface area (Å²) in [6, 6.07) is 3.65. The largest absolute Gasteiger partial charge is 0.329 e. The van der Waals surface area contributed by atoms with Gasteiger partial charge in [0.15, 0.2) is 5.16 Å². The summed E-state index contributed by atoms with van der Waals surface area (Å²) in [6.45, 7) is 0. The zero-order chi connectivity index (χ0) is 14.7. The van der Waals surface area contributed by atoms with Gasteiger partial charge in [0.2, 0.25) is 0 Å². The molecule has 0 saturated carbocycles. The van der Waals surface area contributed by atoms with Gasteiger partial charge in [-0.05, 0) is 6.07 Å². The number of halogens is 1. The molecule has 0 bridgehead atoms. The first-order valence-corrected chi connectivity index (χ1v) is 6.49. The standard InChI is InChI=1S/C11H10N4O4S.ClH/c1-13-5-4-12-11(13)20-7-8-2-3-9(14(16)17)6-10(8)15(18)19;/h2-6H,7H2,1H3;1H. The molecule has 8 nitrogen and oxygen atoms in total. The Morgan fingerprint density at radius 1 is 1.29 bits per heavy atom. The Morgan fingerprint density at radius 2 is 2.00 bits per heavy atom. The molecule has 0 radical (unpaired) electrons. The summed E-state index contributed by atoms with van der Waals surface area (Å²) >= 11 is 1.33. The Morgan fingerprint density at radius 3 is 2.52 bits per heavy atom. The summed E-state index contributed by atoms with van der Waals surface area (Å²) in [5.41, 5.74) is -0.114. The monoisotopic (exact) mass is 330 g/mol. The molecular formula is C11H11ClN4O4S. The molecule has 1 aromatic carbocycles. The molecule has 10 heteroatoms. The molecule has 21 heavy (non-hydrogen) atoms.